The van der Waals surface area contributed by atoms with E-state index in [1.54, 1.807) is 30.5 Å². The molecule has 0 aromatic heterocycles. The van der Waals surface area contributed by atoms with Gasteiger partial charge in [0, 0.05) is 18.2 Å². The number of hydrazone groups is 1. The first-order valence-electron chi connectivity index (χ1n) is 16.3. The minimum Gasteiger partial charge on any atom is -0.489 e. The third kappa shape index (κ3) is 9.61. The van der Waals surface area contributed by atoms with E-state index in [0.717, 1.165) is 33.4 Å². The molecule has 1 N–H and O–H groups in total. The zero-order chi connectivity index (χ0) is 34.6. The lowest BCUT2D eigenvalue weighted by molar-refractivity contribution is 0.289. The molecule has 252 valence electrons. The molecule has 6 aromatic carbocycles. The zero-order valence-electron chi connectivity index (χ0n) is 27.7. The second-order valence-electron chi connectivity index (χ2n) is 11.8. The molecule has 0 aliphatic carbocycles. The standard InChI is InChI=1S/C42H38N2O5S/c1-32-17-23-41(24-18-32)50(45,46)44-43-28-42(36-19-21-38(22-20-36)47-29-33-11-5-2-6-12-33)37-25-39(48-30-34-13-7-3-8-14-34)27-40(26-37)49-31-35-15-9-4-10-16-35/h2-28,42,44H,29-31H2,1H3. The Hall–Kier alpha value is -5.86. The van der Waals surface area contributed by atoms with Crippen LogP contribution in [0.3, 0.4) is 0 Å². The number of nitrogens with one attached hydrogen (secondary N) is 1. The fraction of sp³-hybridized carbons (Fsp3) is 0.119. The number of ether oxygens (including phenoxy) is 3. The Kier molecular flexibility index (Phi) is 11.2. The van der Waals surface area contributed by atoms with Gasteiger partial charge in [-0.1, -0.05) is 121 Å². The molecule has 0 radical (unpaired) electrons. The van der Waals surface area contributed by atoms with Gasteiger partial charge in [0.05, 0.1) is 4.90 Å². The number of nitrogens with zero attached hydrogens (tertiary/aromatic N) is 1. The predicted molar refractivity (Wildman–Crippen MR) is 197 cm³/mol. The topological polar surface area (TPSA) is 86.2 Å². The SMILES string of the molecule is Cc1ccc(S(=O)(=O)NN=CC(c2ccc(OCc3ccccc3)cc2)c2cc(OCc3ccccc3)cc(OCc3ccccc3)c2)cc1. The first-order chi connectivity index (χ1) is 24.4. The van der Waals surface area contributed by atoms with Crippen molar-refractivity contribution < 1.29 is 22.6 Å². The molecule has 6 aromatic rings. The third-order valence-corrected chi connectivity index (χ3v) is 9.21. The van der Waals surface area contributed by atoms with E-state index in [-0.39, 0.29) is 4.90 Å². The van der Waals surface area contributed by atoms with Crippen molar-refractivity contribution in [2.75, 3.05) is 0 Å². The van der Waals surface area contributed by atoms with E-state index in [4.69, 9.17) is 14.2 Å². The maximum Gasteiger partial charge on any atom is 0.276 e. The van der Waals surface area contributed by atoms with Gasteiger partial charge in [0.25, 0.3) is 10.0 Å². The largest absolute Gasteiger partial charge is 0.489 e. The van der Waals surface area contributed by atoms with Crippen LogP contribution in [0.1, 0.15) is 39.3 Å². The second-order valence-corrected chi connectivity index (χ2v) is 13.5. The van der Waals surface area contributed by atoms with Crippen LogP contribution in [0.25, 0.3) is 0 Å². The summed E-state index contributed by atoms with van der Waals surface area (Å²) in [6, 6.07) is 49.9. The lowest BCUT2D eigenvalue weighted by Gasteiger charge is -2.18. The maximum atomic E-state index is 13.1. The van der Waals surface area contributed by atoms with Gasteiger partial charge in [-0.2, -0.15) is 13.5 Å². The quantitative estimate of drug-likeness (QED) is 0.0864. The molecule has 0 fully saturated rings. The summed E-state index contributed by atoms with van der Waals surface area (Å²) in [5.74, 6) is 1.45. The van der Waals surface area contributed by atoms with E-state index in [1.807, 2.05) is 140 Å². The first-order valence-corrected chi connectivity index (χ1v) is 17.8. The van der Waals surface area contributed by atoms with Gasteiger partial charge in [-0.3, -0.25) is 0 Å². The molecule has 0 saturated carbocycles. The van der Waals surface area contributed by atoms with E-state index in [0.29, 0.717) is 37.1 Å². The van der Waals surface area contributed by atoms with Crippen LogP contribution in [-0.4, -0.2) is 14.6 Å². The average Bonchev–Trinajstić information content (AvgIpc) is 3.16. The highest BCUT2D eigenvalue weighted by atomic mass is 32.2. The van der Waals surface area contributed by atoms with Crippen LogP contribution in [0.5, 0.6) is 17.2 Å². The molecule has 6 rings (SSSR count). The summed E-state index contributed by atoms with van der Waals surface area (Å²) < 4.78 is 44.8. The summed E-state index contributed by atoms with van der Waals surface area (Å²) in [4.78, 5) is 2.52. The van der Waals surface area contributed by atoms with E-state index in [9.17, 15) is 8.42 Å². The Morgan fingerprint density at radius 3 is 1.50 bits per heavy atom. The van der Waals surface area contributed by atoms with Gasteiger partial charge in [-0.15, -0.1) is 0 Å². The van der Waals surface area contributed by atoms with Crippen LogP contribution in [0, 0.1) is 6.92 Å². The van der Waals surface area contributed by atoms with Gasteiger partial charge in [-0.05, 0) is 71.1 Å². The Balaban J connectivity index is 1.31. The molecule has 8 heteroatoms. The van der Waals surface area contributed by atoms with Gasteiger partial charge in [-0.25, -0.2) is 4.83 Å². The van der Waals surface area contributed by atoms with Crippen molar-refractivity contribution in [3.8, 4) is 17.2 Å². The molecule has 1 atom stereocenters. The van der Waals surface area contributed by atoms with Gasteiger partial charge in [0.2, 0.25) is 0 Å². The van der Waals surface area contributed by atoms with Gasteiger partial charge >= 0.3 is 0 Å². The summed E-state index contributed by atoms with van der Waals surface area (Å²) in [5.41, 5.74) is 5.75. The molecule has 1 unspecified atom stereocenters. The summed E-state index contributed by atoms with van der Waals surface area (Å²) in [7, 11) is -3.89. The normalized spacial score (nSPS) is 11.9. The minimum absolute atomic E-state index is 0.129. The number of sulfonamides is 1. The lowest BCUT2D eigenvalue weighted by atomic mass is 9.92. The van der Waals surface area contributed by atoms with Crippen molar-refractivity contribution in [2.24, 2.45) is 5.10 Å². The summed E-state index contributed by atoms with van der Waals surface area (Å²) >= 11 is 0. The van der Waals surface area contributed by atoms with E-state index in [2.05, 4.69) is 9.93 Å². The highest BCUT2D eigenvalue weighted by molar-refractivity contribution is 7.89. The van der Waals surface area contributed by atoms with Crippen molar-refractivity contribution in [1.82, 2.24) is 4.83 Å². The fourth-order valence-corrected chi connectivity index (χ4v) is 6.04. The number of benzene rings is 6. The maximum absolute atomic E-state index is 13.1. The van der Waals surface area contributed by atoms with E-state index in [1.165, 1.54) is 0 Å². The fourth-order valence-electron chi connectivity index (χ4n) is 5.24. The molecule has 0 spiro atoms. The molecule has 0 amide bonds. The molecular weight excluding hydrogens is 645 g/mol. The van der Waals surface area contributed by atoms with Gasteiger partial charge in [0.1, 0.15) is 37.1 Å². The van der Waals surface area contributed by atoms with Crippen LogP contribution >= 0.6 is 0 Å². The van der Waals surface area contributed by atoms with Crippen molar-refractivity contribution in [3.05, 3.63) is 191 Å². The van der Waals surface area contributed by atoms with Crippen LogP contribution in [-0.2, 0) is 29.8 Å². The summed E-state index contributed by atoms with van der Waals surface area (Å²) in [6.45, 7) is 3.07. The molecular formula is C42H38N2O5S. The van der Waals surface area contributed by atoms with Crippen molar-refractivity contribution >= 4 is 16.2 Å². The average molecular weight is 683 g/mol. The highest BCUT2D eigenvalue weighted by Crippen LogP contribution is 2.33. The lowest BCUT2D eigenvalue weighted by Crippen LogP contribution is -2.19. The Morgan fingerprint density at radius 2 is 1.02 bits per heavy atom. The molecule has 0 aliphatic heterocycles. The molecule has 0 bridgehead atoms. The molecule has 7 nitrogen and oxygen atoms in total. The Morgan fingerprint density at radius 1 is 0.560 bits per heavy atom. The highest BCUT2D eigenvalue weighted by Gasteiger charge is 2.18. The van der Waals surface area contributed by atoms with Crippen molar-refractivity contribution in [3.63, 3.8) is 0 Å². The summed E-state index contributed by atoms with van der Waals surface area (Å²) in [5, 5.41) is 4.26. The van der Waals surface area contributed by atoms with Crippen LogP contribution in [0.15, 0.2) is 168 Å². The molecule has 0 aliphatic rings. The van der Waals surface area contributed by atoms with Crippen LogP contribution in [0.4, 0.5) is 0 Å². The third-order valence-electron chi connectivity index (χ3n) is 7.97. The number of rotatable bonds is 15. The summed E-state index contributed by atoms with van der Waals surface area (Å²) in [6.07, 6.45) is 1.59. The monoisotopic (exact) mass is 682 g/mol. The number of aryl methyl sites for hydroxylation is 1. The zero-order valence-corrected chi connectivity index (χ0v) is 28.5. The predicted octanol–water partition coefficient (Wildman–Crippen LogP) is 8.83. The Labute approximate surface area is 293 Å². The van der Waals surface area contributed by atoms with E-state index < -0.39 is 15.9 Å². The minimum atomic E-state index is -3.89. The Bertz CT molecular complexity index is 2030. The van der Waals surface area contributed by atoms with Gasteiger partial charge in [0.15, 0.2) is 0 Å². The van der Waals surface area contributed by atoms with Crippen LogP contribution < -0.4 is 19.0 Å². The smallest absolute Gasteiger partial charge is 0.276 e. The number of hydrogen-bond acceptors (Lipinski definition) is 6. The molecule has 0 heterocycles. The second kappa shape index (κ2) is 16.5. The van der Waals surface area contributed by atoms with Crippen molar-refractivity contribution in [1.29, 1.82) is 0 Å². The number of hydrogen-bond donors (Lipinski definition) is 1. The van der Waals surface area contributed by atoms with E-state index >= 15 is 0 Å². The molecule has 0 saturated heterocycles. The van der Waals surface area contributed by atoms with Crippen LogP contribution in [0.2, 0.25) is 0 Å². The van der Waals surface area contributed by atoms with Gasteiger partial charge < -0.3 is 14.2 Å². The molecule has 50 heavy (non-hydrogen) atoms. The first kappa shape index (κ1) is 34.0. The van der Waals surface area contributed by atoms with Crippen molar-refractivity contribution in [2.45, 2.75) is 37.6 Å².